The van der Waals surface area contributed by atoms with Crippen LogP contribution in [0.25, 0.3) is 11.1 Å². The van der Waals surface area contributed by atoms with Gasteiger partial charge in [-0.05, 0) is 73.2 Å². The fourth-order valence-corrected chi connectivity index (χ4v) is 2.51. The lowest BCUT2D eigenvalue weighted by Gasteiger charge is -2.16. The minimum atomic E-state index is -1.12. The van der Waals surface area contributed by atoms with E-state index in [0.29, 0.717) is 0 Å². The molecule has 0 amide bonds. The average molecular weight is 270 g/mol. The van der Waals surface area contributed by atoms with E-state index in [1.54, 1.807) is 6.07 Å². The highest BCUT2D eigenvalue weighted by atomic mass is 16.4. The van der Waals surface area contributed by atoms with E-state index in [1.807, 2.05) is 27.7 Å². The van der Waals surface area contributed by atoms with Crippen molar-refractivity contribution in [3.63, 3.8) is 0 Å². The largest absolute Gasteiger partial charge is 0.507 e. The van der Waals surface area contributed by atoms with Gasteiger partial charge in [-0.25, -0.2) is 4.79 Å². The number of rotatable bonds is 2. The molecular weight excluding hydrogens is 252 g/mol. The number of phenols is 1. The molecule has 2 aromatic rings. The molecule has 0 atom stereocenters. The maximum atomic E-state index is 11.1. The highest BCUT2D eigenvalue weighted by Crippen LogP contribution is 2.33. The number of aryl methyl sites for hydroxylation is 2. The Morgan fingerprint density at radius 3 is 2.00 bits per heavy atom. The summed E-state index contributed by atoms with van der Waals surface area (Å²) in [6.07, 6.45) is 0. The van der Waals surface area contributed by atoms with Crippen molar-refractivity contribution in [1.29, 1.82) is 0 Å². The van der Waals surface area contributed by atoms with Crippen molar-refractivity contribution in [2.75, 3.05) is 0 Å². The van der Waals surface area contributed by atoms with E-state index in [4.69, 9.17) is 5.11 Å². The quantitative estimate of drug-likeness (QED) is 0.867. The molecule has 2 rings (SSSR count). The first-order chi connectivity index (χ1) is 9.32. The fourth-order valence-electron chi connectivity index (χ4n) is 2.51. The molecule has 0 saturated heterocycles. The van der Waals surface area contributed by atoms with E-state index < -0.39 is 5.97 Å². The lowest BCUT2D eigenvalue weighted by atomic mass is 9.89. The topological polar surface area (TPSA) is 57.5 Å². The molecule has 0 aliphatic rings. The molecule has 0 radical (unpaired) electrons. The minimum absolute atomic E-state index is 0.0690. The third kappa shape index (κ3) is 2.27. The second-order valence-corrected chi connectivity index (χ2v) is 5.17. The first kappa shape index (κ1) is 14.1. The lowest BCUT2D eigenvalue weighted by molar-refractivity contribution is 0.0694. The van der Waals surface area contributed by atoms with Gasteiger partial charge >= 0.3 is 5.97 Å². The number of benzene rings is 2. The smallest absolute Gasteiger partial charge is 0.339 e. The molecule has 104 valence electrons. The SMILES string of the molecule is Cc1cc(C)c(C)c(-c2ccc(O)c(C(=O)O)c2)c1C. The Labute approximate surface area is 118 Å². The Morgan fingerprint density at radius 2 is 1.50 bits per heavy atom. The minimum Gasteiger partial charge on any atom is -0.507 e. The molecule has 0 saturated carbocycles. The van der Waals surface area contributed by atoms with Gasteiger partial charge in [-0.3, -0.25) is 0 Å². The van der Waals surface area contributed by atoms with Crippen LogP contribution in [0.1, 0.15) is 32.6 Å². The van der Waals surface area contributed by atoms with Crippen LogP contribution in [0.15, 0.2) is 24.3 Å². The van der Waals surface area contributed by atoms with Crippen LogP contribution < -0.4 is 0 Å². The van der Waals surface area contributed by atoms with E-state index in [9.17, 15) is 9.90 Å². The molecule has 0 spiro atoms. The summed E-state index contributed by atoms with van der Waals surface area (Å²) in [6, 6.07) is 6.86. The maximum Gasteiger partial charge on any atom is 0.339 e. The summed E-state index contributed by atoms with van der Waals surface area (Å²) < 4.78 is 0. The van der Waals surface area contributed by atoms with Gasteiger partial charge in [0.2, 0.25) is 0 Å². The zero-order chi connectivity index (χ0) is 15.0. The van der Waals surface area contributed by atoms with E-state index in [1.165, 1.54) is 23.3 Å². The zero-order valence-electron chi connectivity index (χ0n) is 12.1. The van der Waals surface area contributed by atoms with Crippen molar-refractivity contribution in [2.45, 2.75) is 27.7 Å². The van der Waals surface area contributed by atoms with Crippen LogP contribution in [0.4, 0.5) is 0 Å². The molecule has 0 aliphatic heterocycles. The molecule has 0 heterocycles. The molecule has 0 fully saturated rings. The summed E-state index contributed by atoms with van der Waals surface area (Å²) in [4.78, 5) is 11.1. The molecule has 20 heavy (non-hydrogen) atoms. The predicted molar refractivity (Wildman–Crippen MR) is 79.5 cm³/mol. The van der Waals surface area contributed by atoms with Gasteiger partial charge in [0, 0.05) is 0 Å². The molecule has 2 aromatic carbocycles. The van der Waals surface area contributed by atoms with Gasteiger partial charge in [-0.1, -0.05) is 12.1 Å². The second kappa shape index (κ2) is 5.00. The first-order valence-corrected chi connectivity index (χ1v) is 6.47. The van der Waals surface area contributed by atoms with Crippen LogP contribution in [0, 0.1) is 27.7 Å². The third-order valence-corrected chi connectivity index (χ3v) is 3.88. The highest BCUT2D eigenvalue weighted by molar-refractivity contribution is 5.93. The van der Waals surface area contributed by atoms with Crippen molar-refractivity contribution in [2.24, 2.45) is 0 Å². The van der Waals surface area contributed by atoms with Crippen LogP contribution in [0.2, 0.25) is 0 Å². The van der Waals surface area contributed by atoms with Gasteiger partial charge in [0.25, 0.3) is 0 Å². The first-order valence-electron chi connectivity index (χ1n) is 6.47. The number of hydrogen-bond acceptors (Lipinski definition) is 2. The van der Waals surface area contributed by atoms with E-state index in [0.717, 1.165) is 22.3 Å². The Bertz CT molecular complexity index is 674. The Kier molecular flexibility index (Phi) is 3.53. The van der Waals surface area contributed by atoms with Crippen LogP contribution >= 0.6 is 0 Å². The number of carboxylic acid groups (broad SMARTS) is 1. The average Bonchev–Trinajstić information content (AvgIpc) is 2.38. The van der Waals surface area contributed by atoms with Gasteiger partial charge in [0.15, 0.2) is 0 Å². The maximum absolute atomic E-state index is 11.1. The van der Waals surface area contributed by atoms with Crippen molar-refractivity contribution in [1.82, 2.24) is 0 Å². The predicted octanol–water partition coefficient (Wildman–Crippen LogP) is 3.99. The summed E-state index contributed by atoms with van der Waals surface area (Å²) in [7, 11) is 0. The van der Waals surface area contributed by atoms with Crippen molar-refractivity contribution >= 4 is 5.97 Å². The monoisotopic (exact) mass is 270 g/mol. The van der Waals surface area contributed by atoms with Gasteiger partial charge in [-0.2, -0.15) is 0 Å². The van der Waals surface area contributed by atoms with Crippen molar-refractivity contribution in [3.8, 4) is 16.9 Å². The number of carboxylic acids is 1. The molecule has 3 heteroatoms. The standard InChI is InChI=1S/C17H18O3/c1-9-7-10(2)12(4)16(11(9)3)13-5-6-15(18)14(8-13)17(19)20/h5-8,18H,1-4H3,(H,19,20). The van der Waals surface area contributed by atoms with Gasteiger partial charge < -0.3 is 10.2 Å². The fraction of sp³-hybridized carbons (Fsp3) is 0.235. The van der Waals surface area contributed by atoms with E-state index >= 15 is 0 Å². The summed E-state index contributed by atoms with van der Waals surface area (Å²) in [5.74, 6) is -1.33. The molecule has 0 unspecified atom stereocenters. The molecule has 3 nitrogen and oxygen atoms in total. The highest BCUT2D eigenvalue weighted by Gasteiger charge is 2.15. The molecule has 0 aliphatic carbocycles. The normalized spacial score (nSPS) is 10.6. The number of aromatic carboxylic acids is 1. The molecule has 0 bridgehead atoms. The Balaban J connectivity index is 2.75. The molecular formula is C17H18O3. The van der Waals surface area contributed by atoms with Crippen LogP contribution in [0.3, 0.4) is 0 Å². The van der Waals surface area contributed by atoms with E-state index in [-0.39, 0.29) is 11.3 Å². The van der Waals surface area contributed by atoms with Gasteiger partial charge in [0.05, 0.1) is 0 Å². The van der Waals surface area contributed by atoms with Crippen LogP contribution in [0.5, 0.6) is 5.75 Å². The number of aromatic hydroxyl groups is 1. The van der Waals surface area contributed by atoms with Gasteiger partial charge in [-0.15, -0.1) is 0 Å². The number of hydrogen-bond donors (Lipinski definition) is 2. The van der Waals surface area contributed by atoms with Gasteiger partial charge in [0.1, 0.15) is 11.3 Å². The summed E-state index contributed by atoms with van der Waals surface area (Å²) in [5, 5.41) is 18.7. The lowest BCUT2D eigenvalue weighted by Crippen LogP contribution is -1.99. The van der Waals surface area contributed by atoms with Crippen LogP contribution in [-0.4, -0.2) is 16.2 Å². The Morgan fingerprint density at radius 1 is 0.950 bits per heavy atom. The van der Waals surface area contributed by atoms with E-state index in [2.05, 4.69) is 6.07 Å². The summed E-state index contributed by atoms with van der Waals surface area (Å²) >= 11 is 0. The molecule has 0 aromatic heterocycles. The summed E-state index contributed by atoms with van der Waals surface area (Å²) in [6.45, 7) is 8.16. The van der Waals surface area contributed by atoms with Crippen LogP contribution in [-0.2, 0) is 0 Å². The Hall–Kier alpha value is -2.29. The van der Waals surface area contributed by atoms with Crippen molar-refractivity contribution < 1.29 is 15.0 Å². The molecule has 2 N–H and O–H groups in total. The third-order valence-electron chi connectivity index (χ3n) is 3.88. The number of carbonyl (C=O) groups is 1. The second-order valence-electron chi connectivity index (χ2n) is 5.17. The summed E-state index contributed by atoms with van der Waals surface area (Å²) in [5.41, 5.74) is 6.42. The van der Waals surface area contributed by atoms with Crippen molar-refractivity contribution in [3.05, 3.63) is 52.1 Å². The zero-order valence-corrected chi connectivity index (χ0v) is 12.1.